The summed E-state index contributed by atoms with van der Waals surface area (Å²) in [6.45, 7) is 3.61. The predicted octanol–water partition coefficient (Wildman–Crippen LogP) is 3.24. The lowest BCUT2D eigenvalue weighted by Gasteiger charge is -1.82. The summed E-state index contributed by atoms with van der Waals surface area (Å²) in [5, 5.41) is 1.28. The van der Waals surface area contributed by atoms with Crippen molar-refractivity contribution in [3.8, 4) is 0 Å². The van der Waals surface area contributed by atoms with E-state index in [1.165, 1.54) is 10.1 Å². The molecule has 0 spiro atoms. The van der Waals surface area contributed by atoms with E-state index in [0.717, 1.165) is 4.88 Å². The van der Waals surface area contributed by atoms with E-state index in [1.54, 1.807) is 11.3 Å². The summed E-state index contributed by atoms with van der Waals surface area (Å²) in [6, 6.07) is 10.4. The zero-order valence-electron chi connectivity index (χ0n) is 6.00. The fraction of sp³-hybridized carbons (Fsp3) is 0. The van der Waals surface area contributed by atoms with Crippen molar-refractivity contribution in [3.63, 3.8) is 0 Å². The van der Waals surface area contributed by atoms with Gasteiger partial charge in [-0.25, -0.2) is 0 Å². The van der Waals surface area contributed by atoms with Gasteiger partial charge in [0.1, 0.15) is 0 Å². The fourth-order valence-corrected chi connectivity index (χ4v) is 1.96. The Bertz CT molecular complexity index is 351. The lowest BCUT2D eigenvalue weighted by atomic mass is 10.2. The van der Waals surface area contributed by atoms with Gasteiger partial charge in [0.25, 0.3) is 0 Å². The van der Waals surface area contributed by atoms with Gasteiger partial charge >= 0.3 is 0 Å². The van der Waals surface area contributed by atoms with Crippen LogP contribution < -0.4 is 0 Å². The minimum absolute atomic E-state index is 1.12. The highest BCUT2D eigenvalue weighted by molar-refractivity contribution is 7.19. The van der Waals surface area contributed by atoms with Crippen LogP contribution in [0.5, 0.6) is 0 Å². The Labute approximate surface area is 69.8 Å². The molecule has 1 radical (unpaired) electrons. The molecule has 53 valence electrons. The minimum atomic E-state index is 1.12. The lowest BCUT2D eigenvalue weighted by Crippen LogP contribution is -1.57. The molecule has 0 amide bonds. The number of benzene rings is 1. The molecule has 1 aromatic heterocycles. The van der Waals surface area contributed by atoms with Gasteiger partial charge in [-0.1, -0.05) is 24.8 Å². The molecule has 0 aliphatic carbocycles. The van der Waals surface area contributed by atoms with E-state index in [2.05, 4.69) is 30.9 Å². The molecule has 11 heavy (non-hydrogen) atoms. The summed E-state index contributed by atoms with van der Waals surface area (Å²) in [5.74, 6) is 0. The highest BCUT2D eigenvalue weighted by atomic mass is 32.1. The molecule has 0 saturated heterocycles. The SMILES string of the molecule is C=[C]c1cc2ccccc2s1. The van der Waals surface area contributed by atoms with Gasteiger partial charge in [0.15, 0.2) is 0 Å². The van der Waals surface area contributed by atoms with Crippen LogP contribution in [0.3, 0.4) is 0 Å². The number of thiophene rings is 1. The van der Waals surface area contributed by atoms with Crippen molar-refractivity contribution >= 4 is 21.4 Å². The van der Waals surface area contributed by atoms with Crippen LogP contribution in [0.1, 0.15) is 4.88 Å². The van der Waals surface area contributed by atoms with Crippen LogP contribution in [-0.4, -0.2) is 0 Å². The van der Waals surface area contributed by atoms with Gasteiger partial charge in [0.05, 0.1) is 0 Å². The normalized spacial score (nSPS) is 10.2. The quantitative estimate of drug-likeness (QED) is 0.599. The van der Waals surface area contributed by atoms with Crippen LogP contribution in [0, 0.1) is 6.08 Å². The maximum absolute atomic E-state index is 3.61. The first-order valence-corrected chi connectivity index (χ1v) is 4.23. The van der Waals surface area contributed by atoms with Crippen molar-refractivity contribution in [3.05, 3.63) is 47.9 Å². The van der Waals surface area contributed by atoms with Gasteiger partial charge in [0, 0.05) is 9.58 Å². The monoisotopic (exact) mass is 159 g/mol. The molecule has 0 aliphatic rings. The average molecular weight is 159 g/mol. The van der Waals surface area contributed by atoms with Crippen LogP contribution in [0.2, 0.25) is 0 Å². The van der Waals surface area contributed by atoms with Crippen molar-refractivity contribution in [2.45, 2.75) is 0 Å². The van der Waals surface area contributed by atoms with E-state index in [0.29, 0.717) is 0 Å². The molecule has 2 rings (SSSR count). The smallest absolute Gasteiger partial charge is 0.0355 e. The molecule has 0 aliphatic heterocycles. The summed E-state index contributed by atoms with van der Waals surface area (Å²) in [6.07, 6.45) is 2.88. The third kappa shape index (κ3) is 1.08. The molecule has 1 heterocycles. The summed E-state index contributed by atoms with van der Waals surface area (Å²) in [7, 11) is 0. The van der Waals surface area contributed by atoms with Crippen LogP contribution in [0.25, 0.3) is 10.1 Å². The third-order valence-electron chi connectivity index (χ3n) is 1.60. The number of rotatable bonds is 1. The van der Waals surface area contributed by atoms with E-state index < -0.39 is 0 Å². The number of hydrogen-bond donors (Lipinski definition) is 0. The maximum Gasteiger partial charge on any atom is 0.0355 e. The molecule has 0 bridgehead atoms. The summed E-state index contributed by atoms with van der Waals surface area (Å²) >= 11 is 1.72. The van der Waals surface area contributed by atoms with Crippen LogP contribution in [-0.2, 0) is 0 Å². The molecule has 0 unspecified atom stereocenters. The first-order valence-electron chi connectivity index (χ1n) is 3.42. The average Bonchev–Trinajstić information content (AvgIpc) is 2.46. The van der Waals surface area contributed by atoms with Crippen molar-refractivity contribution in [2.75, 3.05) is 0 Å². The Balaban J connectivity index is 2.78. The molecule has 0 saturated carbocycles. The van der Waals surface area contributed by atoms with Crippen LogP contribution >= 0.6 is 11.3 Å². The molecule has 0 fully saturated rings. The van der Waals surface area contributed by atoms with E-state index in [9.17, 15) is 0 Å². The molecule has 1 aromatic carbocycles. The third-order valence-corrected chi connectivity index (χ3v) is 2.67. The molecule has 1 heteroatoms. The summed E-state index contributed by atoms with van der Waals surface area (Å²) in [4.78, 5) is 1.12. The van der Waals surface area contributed by atoms with Crippen molar-refractivity contribution in [2.24, 2.45) is 0 Å². The maximum atomic E-state index is 3.61. The molecular weight excluding hydrogens is 152 g/mol. The highest BCUT2D eigenvalue weighted by Crippen LogP contribution is 2.24. The number of fused-ring (bicyclic) bond motifs is 1. The van der Waals surface area contributed by atoms with Gasteiger partial charge < -0.3 is 0 Å². The molecular formula is C10H7S. The van der Waals surface area contributed by atoms with Crippen molar-refractivity contribution in [1.82, 2.24) is 0 Å². The van der Waals surface area contributed by atoms with Gasteiger partial charge in [-0.2, -0.15) is 0 Å². The van der Waals surface area contributed by atoms with E-state index in [-0.39, 0.29) is 0 Å². The van der Waals surface area contributed by atoms with Crippen molar-refractivity contribution in [1.29, 1.82) is 0 Å². The molecule has 0 atom stereocenters. The second kappa shape index (κ2) is 2.51. The standard InChI is InChI=1S/C10H7S/c1-2-9-7-8-5-3-4-6-10(8)11-9/h3-7H,1H2. The zero-order valence-corrected chi connectivity index (χ0v) is 6.82. The minimum Gasteiger partial charge on any atom is -0.135 e. The zero-order chi connectivity index (χ0) is 7.68. The lowest BCUT2D eigenvalue weighted by molar-refractivity contribution is 1.82. The topological polar surface area (TPSA) is 0 Å². The van der Waals surface area contributed by atoms with Gasteiger partial charge in [-0.05, 0) is 23.6 Å². The van der Waals surface area contributed by atoms with Gasteiger partial charge in [-0.3, -0.25) is 0 Å². The predicted molar refractivity (Wildman–Crippen MR) is 49.8 cm³/mol. The summed E-state index contributed by atoms with van der Waals surface area (Å²) in [5.41, 5.74) is 0. The Morgan fingerprint density at radius 1 is 1.27 bits per heavy atom. The van der Waals surface area contributed by atoms with Crippen LogP contribution in [0.4, 0.5) is 0 Å². The molecule has 2 aromatic rings. The Morgan fingerprint density at radius 2 is 2.09 bits per heavy atom. The van der Waals surface area contributed by atoms with E-state index >= 15 is 0 Å². The summed E-state index contributed by atoms with van der Waals surface area (Å²) < 4.78 is 1.30. The van der Waals surface area contributed by atoms with E-state index in [1.807, 2.05) is 12.1 Å². The second-order valence-corrected chi connectivity index (χ2v) is 3.41. The largest absolute Gasteiger partial charge is 0.135 e. The van der Waals surface area contributed by atoms with Crippen molar-refractivity contribution < 1.29 is 0 Å². The van der Waals surface area contributed by atoms with Gasteiger partial charge in [0.2, 0.25) is 0 Å². The Kier molecular flexibility index (Phi) is 1.51. The Hall–Kier alpha value is -1.08. The Morgan fingerprint density at radius 3 is 2.82 bits per heavy atom. The van der Waals surface area contributed by atoms with E-state index in [4.69, 9.17) is 0 Å². The second-order valence-electron chi connectivity index (χ2n) is 2.33. The van der Waals surface area contributed by atoms with Crippen LogP contribution in [0.15, 0.2) is 36.9 Å². The number of hydrogen-bond acceptors (Lipinski definition) is 1. The fourth-order valence-electron chi connectivity index (χ4n) is 1.07. The first kappa shape index (κ1) is 6.62. The molecule has 0 N–H and O–H groups in total. The van der Waals surface area contributed by atoms with Gasteiger partial charge in [-0.15, -0.1) is 11.3 Å². The first-order chi connectivity index (χ1) is 5.40. The highest BCUT2D eigenvalue weighted by Gasteiger charge is 1.95. The molecule has 0 nitrogen and oxygen atoms in total.